The van der Waals surface area contributed by atoms with E-state index in [0.29, 0.717) is 23.4 Å². The van der Waals surface area contributed by atoms with Gasteiger partial charge in [-0.15, -0.1) is 6.42 Å². The Balaban J connectivity index is 3.21. The summed E-state index contributed by atoms with van der Waals surface area (Å²) < 4.78 is 4.91. The van der Waals surface area contributed by atoms with Gasteiger partial charge in [-0.2, -0.15) is 0 Å². The zero-order valence-corrected chi connectivity index (χ0v) is 6.57. The van der Waals surface area contributed by atoms with E-state index in [4.69, 9.17) is 11.2 Å². The van der Waals surface area contributed by atoms with Crippen LogP contribution in [0.2, 0.25) is 0 Å². The van der Waals surface area contributed by atoms with Crippen molar-refractivity contribution in [2.75, 3.05) is 7.11 Å². The molecule has 0 aliphatic carbocycles. The molecule has 0 saturated heterocycles. The Hall–Kier alpha value is -1.82. The second-order valence-corrected chi connectivity index (χ2v) is 2.05. The lowest BCUT2D eigenvalue weighted by atomic mass is 10.3. The highest BCUT2D eigenvalue weighted by molar-refractivity contribution is 5.72. The molecule has 0 amide bonds. The summed E-state index contributed by atoms with van der Waals surface area (Å²) in [5.41, 5.74) is 0.658. The maximum atomic E-state index is 10.3. The van der Waals surface area contributed by atoms with Gasteiger partial charge in [0.05, 0.1) is 7.11 Å². The van der Waals surface area contributed by atoms with Gasteiger partial charge in [-0.3, -0.25) is 4.79 Å². The number of carbonyl (C=O) groups is 1. The van der Waals surface area contributed by atoms with Crippen molar-refractivity contribution in [1.29, 1.82) is 0 Å². The van der Waals surface area contributed by atoms with Crippen molar-refractivity contribution in [1.82, 2.24) is 4.98 Å². The first-order valence-corrected chi connectivity index (χ1v) is 3.28. The summed E-state index contributed by atoms with van der Waals surface area (Å²) in [6.07, 6.45) is 5.78. The maximum absolute atomic E-state index is 10.3. The Morgan fingerprint density at radius 2 is 2.42 bits per heavy atom. The first-order chi connectivity index (χ1) is 5.81. The van der Waals surface area contributed by atoms with Crippen LogP contribution < -0.4 is 4.74 Å². The molecule has 0 radical (unpaired) electrons. The Bertz CT molecular complexity index is 339. The summed E-state index contributed by atoms with van der Waals surface area (Å²) in [4.78, 5) is 14.2. The molecule has 3 nitrogen and oxygen atoms in total. The highest BCUT2D eigenvalue weighted by atomic mass is 16.5. The van der Waals surface area contributed by atoms with E-state index in [1.54, 1.807) is 12.1 Å². The number of hydrogen-bond donors (Lipinski definition) is 0. The quantitative estimate of drug-likeness (QED) is 0.477. The fourth-order valence-electron chi connectivity index (χ4n) is 0.795. The van der Waals surface area contributed by atoms with E-state index in [1.807, 2.05) is 0 Å². The third kappa shape index (κ3) is 1.43. The minimum atomic E-state index is 0.309. The maximum Gasteiger partial charge on any atom is 0.168 e. The summed E-state index contributed by atoms with van der Waals surface area (Å²) in [5, 5.41) is 0. The molecule has 1 aromatic rings. The van der Waals surface area contributed by atoms with E-state index in [2.05, 4.69) is 10.9 Å². The number of rotatable bonds is 2. The van der Waals surface area contributed by atoms with Crippen LogP contribution in [-0.2, 0) is 0 Å². The Kier molecular flexibility index (Phi) is 2.44. The number of aldehydes is 1. The predicted molar refractivity (Wildman–Crippen MR) is 44.1 cm³/mol. The number of nitrogens with zero attached hydrogens (tertiary/aromatic N) is 1. The lowest BCUT2D eigenvalue weighted by molar-refractivity contribution is 0.111. The monoisotopic (exact) mass is 161 g/mol. The van der Waals surface area contributed by atoms with E-state index < -0.39 is 0 Å². The molecule has 0 N–H and O–H groups in total. The molecule has 1 heterocycles. The molecule has 1 aromatic heterocycles. The van der Waals surface area contributed by atoms with Crippen LogP contribution in [-0.4, -0.2) is 18.4 Å². The SMILES string of the molecule is C#Cc1nc(C=O)ccc1OC. The predicted octanol–water partition coefficient (Wildman–Crippen LogP) is 0.884. The summed E-state index contributed by atoms with van der Waals surface area (Å²) in [5.74, 6) is 2.83. The first kappa shape index (κ1) is 8.28. The van der Waals surface area contributed by atoms with Gasteiger partial charge in [0.1, 0.15) is 5.69 Å². The highest BCUT2D eigenvalue weighted by Gasteiger charge is 2.01. The van der Waals surface area contributed by atoms with Gasteiger partial charge in [-0.1, -0.05) is 0 Å². The topological polar surface area (TPSA) is 39.2 Å². The summed E-state index contributed by atoms with van der Waals surface area (Å²) in [6.45, 7) is 0. The minimum absolute atomic E-state index is 0.309. The lowest BCUT2D eigenvalue weighted by Gasteiger charge is -2.01. The largest absolute Gasteiger partial charge is 0.494 e. The van der Waals surface area contributed by atoms with E-state index >= 15 is 0 Å². The van der Waals surface area contributed by atoms with Crippen LogP contribution in [0.15, 0.2) is 12.1 Å². The van der Waals surface area contributed by atoms with Crippen LogP contribution in [0.3, 0.4) is 0 Å². The molecule has 0 fully saturated rings. The molecule has 0 aromatic carbocycles. The Morgan fingerprint density at radius 1 is 1.67 bits per heavy atom. The fourth-order valence-corrected chi connectivity index (χ4v) is 0.795. The van der Waals surface area contributed by atoms with E-state index in [0.717, 1.165) is 0 Å². The number of aromatic nitrogens is 1. The van der Waals surface area contributed by atoms with Gasteiger partial charge in [0.15, 0.2) is 17.7 Å². The van der Waals surface area contributed by atoms with Gasteiger partial charge in [0.25, 0.3) is 0 Å². The zero-order chi connectivity index (χ0) is 8.97. The standard InChI is InChI=1S/C9H7NO2/c1-3-8-9(12-2)5-4-7(6-11)10-8/h1,4-6H,2H3. The molecule has 0 bridgehead atoms. The van der Waals surface area contributed by atoms with E-state index in [9.17, 15) is 4.79 Å². The smallest absolute Gasteiger partial charge is 0.168 e. The third-order valence-electron chi connectivity index (χ3n) is 1.36. The normalized spacial score (nSPS) is 8.67. The molecular weight excluding hydrogens is 154 g/mol. The van der Waals surface area contributed by atoms with Gasteiger partial charge in [-0.05, 0) is 18.1 Å². The number of ether oxygens (including phenoxy) is 1. The number of hydrogen-bond acceptors (Lipinski definition) is 3. The molecule has 0 atom stereocenters. The molecule has 0 saturated carbocycles. The van der Waals surface area contributed by atoms with Gasteiger partial charge < -0.3 is 4.74 Å². The Labute approximate surface area is 70.4 Å². The molecule has 12 heavy (non-hydrogen) atoms. The van der Waals surface area contributed by atoms with Crippen LogP contribution in [0.4, 0.5) is 0 Å². The minimum Gasteiger partial charge on any atom is -0.494 e. The average molecular weight is 161 g/mol. The van der Waals surface area contributed by atoms with Crippen molar-refractivity contribution in [3.8, 4) is 18.1 Å². The number of methoxy groups -OCH3 is 1. The summed E-state index contributed by atoms with van der Waals surface area (Å²) in [7, 11) is 1.50. The van der Waals surface area contributed by atoms with Crippen molar-refractivity contribution in [2.24, 2.45) is 0 Å². The number of terminal acetylenes is 1. The Morgan fingerprint density at radius 3 is 2.92 bits per heavy atom. The third-order valence-corrected chi connectivity index (χ3v) is 1.36. The summed E-state index contributed by atoms with van der Waals surface area (Å²) >= 11 is 0. The van der Waals surface area contributed by atoms with Crippen molar-refractivity contribution >= 4 is 6.29 Å². The van der Waals surface area contributed by atoms with Gasteiger partial charge in [0, 0.05) is 0 Å². The van der Waals surface area contributed by atoms with Crippen molar-refractivity contribution in [3.63, 3.8) is 0 Å². The van der Waals surface area contributed by atoms with Crippen molar-refractivity contribution < 1.29 is 9.53 Å². The molecule has 1 rings (SSSR count). The van der Waals surface area contributed by atoms with Crippen LogP contribution >= 0.6 is 0 Å². The zero-order valence-electron chi connectivity index (χ0n) is 6.57. The van der Waals surface area contributed by atoms with Gasteiger partial charge in [0.2, 0.25) is 0 Å². The second kappa shape index (κ2) is 3.54. The fraction of sp³-hybridized carbons (Fsp3) is 0.111. The van der Waals surface area contributed by atoms with E-state index in [1.165, 1.54) is 7.11 Å². The van der Waals surface area contributed by atoms with Crippen LogP contribution in [0.25, 0.3) is 0 Å². The van der Waals surface area contributed by atoms with Crippen LogP contribution in [0.1, 0.15) is 16.2 Å². The molecule has 0 aliphatic rings. The highest BCUT2D eigenvalue weighted by Crippen LogP contribution is 2.13. The summed E-state index contributed by atoms with van der Waals surface area (Å²) in [6, 6.07) is 3.17. The number of pyridine rings is 1. The lowest BCUT2D eigenvalue weighted by Crippen LogP contribution is -1.94. The molecular formula is C9H7NO2. The molecule has 0 unspecified atom stereocenters. The molecule has 60 valence electrons. The first-order valence-electron chi connectivity index (χ1n) is 3.28. The molecule has 0 aliphatic heterocycles. The van der Waals surface area contributed by atoms with Crippen molar-refractivity contribution in [3.05, 3.63) is 23.5 Å². The van der Waals surface area contributed by atoms with Crippen molar-refractivity contribution in [2.45, 2.75) is 0 Å². The number of carbonyl (C=O) groups excluding carboxylic acids is 1. The van der Waals surface area contributed by atoms with Gasteiger partial charge in [-0.25, -0.2) is 4.98 Å². The van der Waals surface area contributed by atoms with E-state index in [-0.39, 0.29) is 0 Å². The molecule has 3 heteroatoms. The van der Waals surface area contributed by atoms with Gasteiger partial charge >= 0.3 is 0 Å². The van der Waals surface area contributed by atoms with Crippen LogP contribution in [0.5, 0.6) is 5.75 Å². The average Bonchev–Trinajstić information content (AvgIpc) is 2.16. The molecule has 0 spiro atoms. The van der Waals surface area contributed by atoms with Crippen LogP contribution in [0, 0.1) is 12.3 Å². The second-order valence-electron chi connectivity index (χ2n) is 2.05.